The van der Waals surface area contributed by atoms with Crippen LogP contribution in [0.4, 0.5) is 5.82 Å². The third-order valence-electron chi connectivity index (χ3n) is 3.58. The van der Waals surface area contributed by atoms with E-state index in [2.05, 4.69) is 21.4 Å². The molecule has 96 valence electrons. The Labute approximate surface area is 110 Å². The zero-order valence-electron chi connectivity index (χ0n) is 10.7. The molecule has 0 bridgehead atoms. The molecular weight excluding hydrogens is 246 g/mol. The van der Waals surface area contributed by atoms with Gasteiger partial charge in [-0.15, -0.1) is 11.3 Å². The van der Waals surface area contributed by atoms with Crippen molar-refractivity contribution in [1.29, 1.82) is 0 Å². The van der Waals surface area contributed by atoms with Crippen molar-refractivity contribution in [2.75, 3.05) is 11.4 Å². The molecule has 0 saturated carbocycles. The van der Waals surface area contributed by atoms with Crippen LogP contribution >= 0.6 is 11.3 Å². The van der Waals surface area contributed by atoms with Crippen LogP contribution in [0.5, 0.6) is 0 Å². The Morgan fingerprint density at radius 3 is 3.11 bits per heavy atom. The van der Waals surface area contributed by atoms with Crippen LogP contribution in [0.1, 0.15) is 21.7 Å². The van der Waals surface area contributed by atoms with Crippen molar-refractivity contribution in [2.24, 2.45) is 7.05 Å². The van der Waals surface area contributed by atoms with Gasteiger partial charge >= 0.3 is 0 Å². The molecule has 2 aromatic heterocycles. The van der Waals surface area contributed by atoms with Crippen molar-refractivity contribution in [3.8, 4) is 0 Å². The molecule has 3 rings (SSSR count). The minimum atomic E-state index is 0.0575. The number of aliphatic hydroxyl groups excluding tert-OH is 1. The Morgan fingerprint density at radius 2 is 2.33 bits per heavy atom. The summed E-state index contributed by atoms with van der Waals surface area (Å²) >= 11 is 1.84. The van der Waals surface area contributed by atoms with Gasteiger partial charge in [0.25, 0.3) is 0 Å². The summed E-state index contributed by atoms with van der Waals surface area (Å²) in [6.07, 6.45) is 1.09. The summed E-state index contributed by atoms with van der Waals surface area (Å²) in [7, 11) is 1.95. The second-order valence-electron chi connectivity index (χ2n) is 4.71. The third kappa shape index (κ3) is 1.74. The highest BCUT2D eigenvalue weighted by molar-refractivity contribution is 7.10. The van der Waals surface area contributed by atoms with E-state index in [1.165, 1.54) is 10.4 Å². The van der Waals surface area contributed by atoms with Crippen LogP contribution in [-0.2, 0) is 26.6 Å². The molecular formula is C13H17N3OS. The average molecular weight is 263 g/mol. The fraction of sp³-hybridized carbons (Fsp3) is 0.462. The number of hydrogen-bond donors (Lipinski definition) is 1. The first-order chi connectivity index (χ1) is 8.70. The highest BCUT2D eigenvalue weighted by Crippen LogP contribution is 2.30. The van der Waals surface area contributed by atoms with Crippen LogP contribution in [0.3, 0.4) is 0 Å². The molecule has 0 fully saturated rings. The molecule has 0 atom stereocenters. The maximum atomic E-state index is 9.52. The Morgan fingerprint density at radius 1 is 1.50 bits per heavy atom. The smallest absolute Gasteiger partial charge is 0.132 e. The second kappa shape index (κ2) is 4.40. The molecule has 0 aliphatic carbocycles. The van der Waals surface area contributed by atoms with Crippen LogP contribution in [0.15, 0.2) is 11.4 Å². The van der Waals surface area contributed by atoms with E-state index in [4.69, 9.17) is 0 Å². The minimum absolute atomic E-state index is 0.0575. The fourth-order valence-electron chi connectivity index (χ4n) is 2.70. The van der Waals surface area contributed by atoms with E-state index >= 15 is 0 Å². The molecule has 5 heteroatoms. The summed E-state index contributed by atoms with van der Waals surface area (Å²) in [5.41, 5.74) is 3.29. The van der Waals surface area contributed by atoms with Crippen LogP contribution in [0.25, 0.3) is 0 Å². The van der Waals surface area contributed by atoms with E-state index in [9.17, 15) is 5.11 Å². The highest BCUT2D eigenvalue weighted by atomic mass is 32.1. The molecule has 0 radical (unpaired) electrons. The van der Waals surface area contributed by atoms with E-state index in [-0.39, 0.29) is 6.61 Å². The summed E-state index contributed by atoms with van der Waals surface area (Å²) in [5, 5.41) is 16.1. The zero-order chi connectivity index (χ0) is 12.7. The van der Waals surface area contributed by atoms with Crippen LogP contribution in [-0.4, -0.2) is 21.4 Å². The van der Waals surface area contributed by atoms with Gasteiger partial charge in [-0.25, -0.2) is 0 Å². The lowest BCUT2D eigenvalue weighted by atomic mass is 10.1. The van der Waals surface area contributed by atoms with Crippen molar-refractivity contribution in [2.45, 2.75) is 26.5 Å². The maximum absolute atomic E-state index is 9.52. The van der Waals surface area contributed by atoms with E-state index in [1.807, 2.05) is 30.0 Å². The Hall–Kier alpha value is -1.33. The predicted molar refractivity (Wildman–Crippen MR) is 72.9 cm³/mol. The lowest BCUT2D eigenvalue weighted by molar-refractivity contribution is 0.281. The van der Waals surface area contributed by atoms with Gasteiger partial charge in [-0.3, -0.25) is 4.68 Å². The number of nitrogens with zero attached hydrogens (tertiary/aromatic N) is 3. The third-order valence-corrected chi connectivity index (χ3v) is 4.60. The molecule has 0 unspecified atom stereocenters. The SMILES string of the molecule is Cc1nn(C)c(N2CCc3sccc3C2)c1CO. The number of aryl methyl sites for hydroxylation is 2. The van der Waals surface area contributed by atoms with Crippen LogP contribution in [0, 0.1) is 6.92 Å². The molecule has 3 heterocycles. The van der Waals surface area contributed by atoms with Gasteiger partial charge in [0.2, 0.25) is 0 Å². The summed E-state index contributed by atoms with van der Waals surface area (Å²) in [6.45, 7) is 3.93. The molecule has 1 aliphatic heterocycles. The van der Waals surface area contributed by atoms with Gasteiger partial charge in [0.15, 0.2) is 0 Å². The normalized spacial score (nSPS) is 14.9. The summed E-state index contributed by atoms with van der Waals surface area (Å²) in [6, 6.07) is 2.20. The summed E-state index contributed by atoms with van der Waals surface area (Å²) < 4.78 is 1.89. The monoisotopic (exact) mass is 263 g/mol. The van der Waals surface area contributed by atoms with Crippen LogP contribution < -0.4 is 4.90 Å². The summed E-state index contributed by atoms with van der Waals surface area (Å²) in [4.78, 5) is 3.82. The molecule has 1 N–H and O–H groups in total. The zero-order valence-corrected chi connectivity index (χ0v) is 11.5. The second-order valence-corrected chi connectivity index (χ2v) is 5.71. The molecule has 18 heavy (non-hydrogen) atoms. The van der Waals surface area contributed by atoms with Gasteiger partial charge in [-0.2, -0.15) is 5.10 Å². The van der Waals surface area contributed by atoms with Gasteiger partial charge in [0, 0.05) is 30.6 Å². The molecule has 0 amide bonds. The van der Waals surface area contributed by atoms with Gasteiger partial charge in [-0.1, -0.05) is 0 Å². The first-order valence-electron chi connectivity index (χ1n) is 6.14. The maximum Gasteiger partial charge on any atom is 0.132 e. The van der Waals surface area contributed by atoms with Crippen molar-refractivity contribution in [3.63, 3.8) is 0 Å². The number of rotatable bonds is 2. The largest absolute Gasteiger partial charge is 0.391 e. The molecule has 1 aliphatic rings. The van der Waals surface area contributed by atoms with E-state index < -0.39 is 0 Å². The number of anilines is 1. The van der Waals surface area contributed by atoms with E-state index in [1.54, 1.807) is 0 Å². The predicted octanol–water partition coefficient (Wildman–Crippen LogP) is 1.85. The molecule has 4 nitrogen and oxygen atoms in total. The van der Waals surface area contributed by atoms with E-state index in [0.717, 1.165) is 36.6 Å². The molecule has 0 aromatic carbocycles. The van der Waals surface area contributed by atoms with Crippen molar-refractivity contribution in [1.82, 2.24) is 9.78 Å². The Bertz CT molecular complexity index is 573. The number of fused-ring (bicyclic) bond motifs is 1. The standard InChI is InChI=1S/C13H17N3OS/c1-9-11(8-17)13(15(2)14-9)16-5-3-12-10(7-16)4-6-18-12/h4,6,17H,3,5,7-8H2,1-2H3. The lowest BCUT2D eigenvalue weighted by Gasteiger charge is -2.29. The van der Waals surface area contributed by atoms with Crippen LogP contribution in [0.2, 0.25) is 0 Å². The first kappa shape index (κ1) is 11.7. The topological polar surface area (TPSA) is 41.3 Å². The van der Waals surface area contributed by atoms with Gasteiger partial charge in [0.1, 0.15) is 5.82 Å². The van der Waals surface area contributed by atoms with Gasteiger partial charge in [0.05, 0.1) is 12.3 Å². The molecule has 0 spiro atoms. The first-order valence-corrected chi connectivity index (χ1v) is 7.02. The Kier molecular flexibility index (Phi) is 2.87. The lowest BCUT2D eigenvalue weighted by Crippen LogP contribution is -2.31. The molecule has 2 aromatic rings. The average Bonchev–Trinajstić information content (AvgIpc) is 2.91. The number of aromatic nitrogens is 2. The van der Waals surface area contributed by atoms with E-state index in [0.29, 0.717) is 0 Å². The van der Waals surface area contributed by atoms with Gasteiger partial charge in [-0.05, 0) is 30.4 Å². The minimum Gasteiger partial charge on any atom is -0.391 e. The highest BCUT2D eigenvalue weighted by Gasteiger charge is 2.23. The Balaban J connectivity index is 1.97. The van der Waals surface area contributed by atoms with Crippen molar-refractivity contribution in [3.05, 3.63) is 33.1 Å². The summed E-state index contributed by atoms with van der Waals surface area (Å²) in [5.74, 6) is 1.06. The molecule has 0 saturated heterocycles. The van der Waals surface area contributed by atoms with Crippen molar-refractivity contribution < 1.29 is 5.11 Å². The van der Waals surface area contributed by atoms with Crippen molar-refractivity contribution >= 4 is 17.2 Å². The number of hydrogen-bond acceptors (Lipinski definition) is 4. The fourth-order valence-corrected chi connectivity index (χ4v) is 3.59. The number of aliphatic hydroxyl groups is 1. The number of thiophene rings is 1. The quantitative estimate of drug-likeness (QED) is 0.899. The van der Waals surface area contributed by atoms with Gasteiger partial charge < -0.3 is 10.0 Å².